The second-order valence-corrected chi connectivity index (χ2v) is 10.2. The highest BCUT2D eigenvalue weighted by molar-refractivity contribution is 7.89. The quantitative estimate of drug-likeness (QED) is 0.672. The first-order chi connectivity index (χ1) is 14.3. The van der Waals surface area contributed by atoms with Crippen molar-refractivity contribution in [1.82, 2.24) is 14.5 Å². The van der Waals surface area contributed by atoms with Gasteiger partial charge in [0.2, 0.25) is 15.9 Å². The number of amides is 1. The largest absolute Gasteiger partial charge is 0.379 e. The zero-order valence-electron chi connectivity index (χ0n) is 18.2. The lowest BCUT2D eigenvalue weighted by Gasteiger charge is -2.34. The Balaban J connectivity index is 1.37. The molecule has 2 heterocycles. The van der Waals surface area contributed by atoms with Crippen molar-refractivity contribution in [1.29, 1.82) is 0 Å². The number of hydrogen-bond donors (Lipinski definition) is 1. The number of nitrogens with one attached hydrogen (secondary N) is 1. The Labute approximate surface area is 180 Å². The Morgan fingerprint density at radius 1 is 1.13 bits per heavy atom. The molecule has 1 amide bonds. The third-order valence-electron chi connectivity index (χ3n) is 6.18. The fraction of sp³-hybridized carbons (Fsp3) is 0.682. The van der Waals surface area contributed by atoms with E-state index in [0.717, 1.165) is 64.3 Å². The summed E-state index contributed by atoms with van der Waals surface area (Å²) in [4.78, 5) is 17.1. The molecule has 1 aromatic rings. The lowest BCUT2D eigenvalue weighted by atomic mass is 9.93. The number of piperidine rings is 1. The van der Waals surface area contributed by atoms with Crippen molar-refractivity contribution in [3.05, 3.63) is 29.3 Å². The van der Waals surface area contributed by atoms with E-state index in [2.05, 4.69) is 9.62 Å². The van der Waals surface area contributed by atoms with Crippen LogP contribution in [-0.2, 0) is 19.6 Å². The predicted octanol–water partition coefficient (Wildman–Crippen LogP) is 1.93. The van der Waals surface area contributed by atoms with Gasteiger partial charge in [-0.05, 0) is 57.2 Å². The molecule has 2 aliphatic rings. The van der Waals surface area contributed by atoms with E-state index in [4.69, 9.17) is 4.74 Å². The maximum absolute atomic E-state index is 12.5. The predicted molar refractivity (Wildman–Crippen MR) is 117 cm³/mol. The van der Waals surface area contributed by atoms with Crippen LogP contribution >= 0.6 is 0 Å². The summed E-state index contributed by atoms with van der Waals surface area (Å²) in [7, 11) is -3.60. The normalized spacial score (nSPS) is 19.2. The van der Waals surface area contributed by atoms with Crippen LogP contribution in [0.3, 0.4) is 0 Å². The van der Waals surface area contributed by atoms with E-state index in [1.54, 1.807) is 19.1 Å². The molecule has 168 valence electrons. The SMILES string of the molecule is Cc1ccc(S(=O)(=O)NCCC(=O)N2CCC(CCN3CCOCC3)CC2)c(C)c1. The number of rotatable bonds is 8. The van der Waals surface area contributed by atoms with Crippen molar-refractivity contribution in [2.75, 3.05) is 52.5 Å². The smallest absolute Gasteiger partial charge is 0.240 e. The van der Waals surface area contributed by atoms with Gasteiger partial charge in [0, 0.05) is 39.1 Å². The van der Waals surface area contributed by atoms with Crippen molar-refractivity contribution in [2.24, 2.45) is 5.92 Å². The molecule has 7 nitrogen and oxygen atoms in total. The number of hydrogen-bond acceptors (Lipinski definition) is 5. The molecule has 2 fully saturated rings. The molecule has 0 unspecified atom stereocenters. The van der Waals surface area contributed by atoms with Gasteiger partial charge in [-0.1, -0.05) is 17.7 Å². The molecular formula is C22H35N3O4S. The molecule has 8 heteroatoms. The Bertz CT molecular complexity index is 814. The fourth-order valence-electron chi connectivity index (χ4n) is 4.29. The van der Waals surface area contributed by atoms with Gasteiger partial charge in [0.25, 0.3) is 0 Å². The summed E-state index contributed by atoms with van der Waals surface area (Å²) < 4.78 is 33.0. The van der Waals surface area contributed by atoms with Crippen molar-refractivity contribution in [3.8, 4) is 0 Å². The third-order valence-corrected chi connectivity index (χ3v) is 7.80. The van der Waals surface area contributed by atoms with Crippen LogP contribution < -0.4 is 4.72 Å². The van der Waals surface area contributed by atoms with Gasteiger partial charge >= 0.3 is 0 Å². The molecule has 0 bridgehead atoms. The molecule has 1 N–H and O–H groups in total. The maximum Gasteiger partial charge on any atom is 0.240 e. The number of benzene rings is 1. The van der Waals surface area contributed by atoms with Crippen LogP contribution in [-0.4, -0.2) is 76.6 Å². The van der Waals surface area contributed by atoms with Crippen LogP contribution in [0.15, 0.2) is 23.1 Å². The van der Waals surface area contributed by atoms with Gasteiger partial charge in [-0.15, -0.1) is 0 Å². The van der Waals surface area contributed by atoms with Crippen LogP contribution in [0.4, 0.5) is 0 Å². The van der Waals surface area contributed by atoms with Gasteiger partial charge < -0.3 is 9.64 Å². The summed E-state index contributed by atoms with van der Waals surface area (Å²) in [6.07, 6.45) is 3.44. The second-order valence-electron chi connectivity index (χ2n) is 8.48. The molecule has 2 saturated heterocycles. The van der Waals surface area contributed by atoms with Crippen molar-refractivity contribution in [3.63, 3.8) is 0 Å². The molecule has 2 aliphatic heterocycles. The molecule has 3 rings (SSSR count). The Kier molecular flexibility index (Phi) is 8.27. The van der Waals surface area contributed by atoms with Crippen molar-refractivity contribution in [2.45, 2.75) is 44.4 Å². The van der Waals surface area contributed by atoms with Crippen LogP contribution in [0.2, 0.25) is 0 Å². The Morgan fingerprint density at radius 2 is 1.83 bits per heavy atom. The van der Waals surface area contributed by atoms with E-state index < -0.39 is 10.0 Å². The molecule has 0 aliphatic carbocycles. The number of carbonyl (C=O) groups is 1. The molecular weight excluding hydrogens is 402 g/mol. The summed E-state index contributed by atoms with van der Waals surface area (Å²) in [5.41, 5.74) is 1.74. The van der Waals surface area contributed by atoms with E-state index in [-0.39, 0.29) is 23.8 Å². The highest BCUT2D eigenvalue weighted by Crippen LogP contribution is 2.22. The van der Waals surface area contributed by atoms with E-state index in [1.165, 1.54) is 6.42 Å². The average molecular weight is 438 g/mol. The van der Waals surface area contributed by atoms with E-state index in [9.17, 15) is 13.2 Å². The summed E-state index contributed by atoms with van der Waals surface area (Å²) in [6.45, 7) is 10.2. The van der Waals surface area contributed by atoms with E-state index >= 15 is 0 Å². The van der Waals surface area contributed by atoms with Crippen LogP contribution in [0.5, 0.6) is 0 Å². The maximum atomic E-state index is 12.5. The Morgan fingerprint density at radius 3 is 2.50 bits per heavy atom. The van der Waals surface area contributed by atoms with Gasteiger partial charge in [-0.25, -0.2) is 13.1 Å². The summed E-state index contributed by atoms with van der Waals surface area (Å²) in [5, 5.41) is 0. The van der Waals surface area contributed by atoms with Crippen LogP contribution in [0.25, 0.3) is 0 Å². The molecule has 0 radical (unpaired) electrons. The molecule has 0 aromatic heterocycles. The number of aryl methyl sites for hydroxylation is 2. The van der Waals surface area contributed by atoms with Crippen molar-refractivity contribution < 1.29 is 17.9 Å². The molecule has 30 heavy (non-hydrogen) atoms. The van der Waals surface area contributed by atoms with E-state index in [1.807, 2.05) is 17.9 Å². The second kappa shape index (κ2) is 10.7. The van der Waals surface area contributed by atoms with Gasteiger partial charge in [0.05, 0.1) is 18.1 Å². The highest BCUT2D eigenvalue weighted by Gasteiger charge is 2.24. The summed E-state index contributed by atoms with van der Waals surface area (Å²) in [6, 6.07) is 5.26. The molecule has 0 atom stereocenters. The highest BCUT2D eigenvalue weighted by atomic mass is 32.2. The zero-order valence-corrected chi connectivity index (χ0v) is 19.0. The first-order valence-corrected chi connectivity index (χ1v) is 12.5. The summed E-state index contributed by atoms with van der Waals surface area (Å²) in [5.74, 6) is 0.699. The number of morpholine rings is 1. The number of ether oxygens (including phenoxy) is 1. The fourth-order valence-corrected chi connectivity index (χ4v) is 5.55. The number of carbonyl (C=O) groups excluding carboxylic acids is 1. The number of sulfonamides is 1. The van der Waals surface area contributed by atoms with Crippen molar-refractivity contribution >= 4 is 15.9 Å². The first-order valence-electron chi connectivity index (χ1n) is 11.0. The lowest BCUT2D eigenvalue weighted by Crippen LogP contribution is -2.41. The Hall–Kier alpha value is -1.48. The van der Waals surface area contributed by atoms with Crippen LogP contribution in [0.1, 0.15) is 36.8 Å². The standard InChI is InChI=1S/C22H35N3O4S/c1-18-3-4-21(19(2)17-18)30(27,28)23-9-5-22(26)25-11-7-20(8-12-25)6-10-24-13-15-29-16-14-24/h3-4,17,20,23H,5-16H2,1-2H3. The zero-order chi connectivity index (χ0) is 21.6. The molecule has 0 spiro atoms. The monoisotopic (exact) mass is 437 g/mol. The number of nitrogens with zero attached hydrogens (tertiary/aromatic N) is 2. The summed E-state index contributed by atoms with van der Waals surface area (Å²) >= 11 is 0. The topological polar surface area (TPSA) is 79.0 Å². The molecule has 0 saturated carbocycles. The van der Waals surface area contributed by atoms with Gasteiger partial charge in [-0.3, -0.25) is 9.69 Å². The molecule has 1 aromatic carbocycles. The average Bonchev–Trinajstić information content (AvgIpc) is 2.73. The van der Waals surface area contributed by atoms with Gasteiger partial charge in [-0.2, -0.15) is 0 Å². The van der Waals surface area contributed by atoms with E-state index in [0.29, 0.717) is 11.5 Å². The van der Waals surface area contributed by atoms with Gasteiger partial charge in [0.1, 0.15) is 0 Å². The minimum atomic E-state index is -3.60. The first kappa shape index (κ1) is 23.2. The lowest BCUT2D eigenvalue weighted by molar-refractivity contribution is -0.132. The number of likely N-dealkylation sites (tertiary alicyclic amines) is 1. The van der Waals surface area contributed by atoms with Crippen LogP contribution in [0, 0.1) is 19.8 Å². The minimum absolute atomic E-state index is 0.0324. The van der Waals surface area contributed by atoms with Gasteiger partial charge in [0.15, 0.2) is 0 Å². The minimum Gasteiger partial charge on any atom is -0.379 e. The third kappa shape index (κ3) is 6.51.